The van der Waals surface area contributed by atoms with Crippen molar-refractivity contribution in [3.8, 4) is 5.75 Å². The first-order valence-electron chi connectivity index (χ1n) is 6.88. The highest BCUT2D eigenvalue weighted by Gasteiger charge is 2.08. The molecule has 1 amide bonds. The molecular weight excluding hydrogens is 300 g/mol. The van der Waals surface area contributed by atoms with Crippen molar-refractivity contribution in [2.75, 3.05) is 0 Å². The maximum absolute atomic E-state index is 11.7. The molecule has 4 N–H and O–H groups in total. The van der Waals surface area contributed by atoms with E-state index in [2.05, 4.69) is 20.5 Å². The van der Waals surface area contributed by atoms with E-state index in [1.807, 2.05) is 0 Å². The Balaban J connectivity index is 1.89. The van der Waals surface area contributed by atoms with Gasteiger partial charge >= 0.3 is 5.69 Å². The number of carbonyl (C=O) groups excluding carboxylic acids is 1. The molecule has 0 saturated heterocycles. The summed E-state index contributed by atoms with van der Waals surface area (Å²) in [4.78, 5) is 39.0. The van der Waals surface area contributed by atoms with Gasteiger partial charge in [0.15, 0.2) is 0 Å². The molecule has 8 heteroatoms. The molecule has 0 radical (unpaired) electrons. The molecule has 0 bridgehead atoms. The molecule has 2 rings (SSSR count). The number of nitrogens with zero attached hydrogens (tertiary/aromatic N) is 1. The van der Waals surface area contributed by atoms with E-state index in [4.69, 9.17) is 5.11 Å². The van der Waals surface area contributed by atoms with Gasteiger partial charge in [-0.1, -0.05) is 0 Å². The van der Waals surface area contributed by atoms with E-state index in [1.54, 1.807) is 19.1 Å². The second-order valence-corrected chi connectivity index (χ2v) is 4.90. The van der Waals surface area contributed by atoms with E-state index in [-0.39, 0.29) is 24.5 Å². The number of aryl methyl sites for hydroxylation is 1. The van der Waals surface area contributed by atoms with Crippen LogP contribution in [0.2, 0.25) is 0 Å². The number of hydrogen-bond donors (Lipinski definition) is 4. The Hall–Kier alpha value is -3.16. The minimum atomic E-state index is -0.570. The van der Waals surface area contributed by atoms with Crippen LogP contribution in [0.25, 0.3) is 0 Å². The minimum absolute atomic E-state index is 0.0584. The van der Waals surface area contributed by atoms with Crippen molar-refractivity contribution in [2.45, 2.75) is 19.8 Å². The molecule has 2 aromatic rings. The fourth-order valence-corrected chi connectivity index (χ4v) is 1.96. The van der Waals surface area contributed by atoms with Gasteiger partial charge in [-0.15, -0.1) is 0 Å². The van der Waals surface area contributed by atoms with E-state index >= 15 is 0 Å². The lowest BCUT2D eigenvalue weighted by atomic mass is 10.1. The number of aromatic nitrogens is 2. The minimum Gasteiger partial charge on any atom is -0.508 e. The Kier molecular flexibility index (Phi) is 5.08. The molecule has 120 valence electrons. The van der Waals surface area contributed by atoms with Crippen LogP contribution in [0.15, 0.2) is 39.0 Å². The first-order chi connectivity index (χ1) is 11.0. The van der Waals surface area contributed by atoms with Crippen molar-refractivity contribution in [3.05, 3.63) is 61.9 Å². The van der Waals surface area contributed by atoms with Crippen molar-refractivity contribution in [1.29, 1.82) is 0 Å². The van der Waals surface area contributed by atoms with Gasteiger partial charge < -0.3 is 10.1 Å². The summed E-state index contributed by atoms with van der Waals surface area (Å²) in [6.07, 6.45) is 1.69. The molecular formula is C15H16N4O4. The van der Waals surface area contributed by atoms with E-state index in [0.717, 1.165) is 5.56 Å². The number of benzene rings is 1. The second kappa shape index (κ2) is 7.21. The lowest BCUT2D eigenvalue weighted by Crippen LogP contribution is -2.28. The Bertz CT molecular complexity index is 834. The Morgan fingerprint density at radius 2 is 1.96 bits per heavy atom. The van der Waals surface area contributed by atoms with E-state index in [1.165, 1.54) is 18.3 Å². The third-order valence-electron chi connectivity index (χ3n) is 3.15. The van der Waals surface area contributed by atoms with Crippen LogP contribution in [-0.2, 0) is 11.2 Å². The van der Waals surface area contributed by atoms with Gasteiger partial charge in [-0.25, -0.2) is 10.2 Å². The van der Waals surface area contributed by atoms with Crippen molar-refractivity contribution in [1.82, 2.24) is 15.4 Å². The van der Waals surface area contributed by atoms with E-state index < -0.39 is 11.2 Å². The molecule has 0 atom stereocenters. The number of hydrogen-bond acceptors (Lipinski definition) is 5. The molecule has 1 aromatic carbocycles. The average Bonchev–Trinajstić information content (AvgIpc) is 2.48. The largest absolute Gasteiger partial charge is 0.508 e. The van der Waals surface area contributed by atoms with Gasteiger partial charge in [0, 0.05) is 17.7 Å². The highest BCUT2D eigenvalue weighted by molar-refractivity contribution is 5.82. The predicted octanol–water partition coefficient (Wildman–Crippen LogP) is 0.160. The first kappa shape index (κ1) is 16.2. The summed E-state index contributed by atoms with van der Waals surface area (Å²) >= 11 is 0. The molecule has 0 fully saturated rings. The molecule has 23 heavy (non-hydrogen) atoms. The number of aromatic amines is 2. The highest BCUT2D eigenvalue weighted by Crippen LogP contribution is 2.07. The monoisotopic (exact) mass is 316 g/mol. The smallest absolute Gasteiger partial charge is 0.325 e. The van der Waals surface area contributed by atoms with Gasteiger partial charge in [0.25, 0.3) is 5.56 Å². The lowest BCUT2D eigenvalue weighted by molar-refractivity contribution is -0.121. The molecule has 0 spiro atoms. The maximum atomic E-state index is 11.7. The summed E-state index contributed by atoms with van der Waals surface area (Å²) < 4.78 is 0. The molecule has 0 aliphatic carbocycles. The highest BCUT2D eigenvalue weighted by atomic mass is 16.3. The lowest BCUT2D eigenvalue weighted by Gasteiger charge is -2.03. The zero-order valence-corrected chi connectivity index (χ0v) is 12.4. The van der Waals surface area contributed by atoms with Crippen LogP contribution in [0.4, 0.5) is 0 Å². The van der Waals surface area contributed by atoms with E-state index in [9.17, 15) is 14.4 Å². The summed E-state index contributed by atoms with van der Waals surface area (Å²) in [6.45, 7) is 1.60. The number of phenols is 1. The Morgan fingerprint density at radius 3 is 2.61 bits per heavy atom. The van der Waals surface area contributed by atoms with Crippen molar-refractivity contribution < 1.29 is 9.90 Å². The molecule has 0 aliphatic rings. The maximum Gasteiger partial charge on any atom is 0.325 e. The molecule has 0 unspecified atom stereocenters. The second-order valence-electron chi connectivity index (χ2n) is 4.90. The number of rotatable bonds is 5. The summed E-state index contributed by atoms with van der Waals surface area (Å²) in [7, 11) is 0. The molecule has 1 aromatic heterocycles. The zero-order valence-electron chi connectivity index (χ0n) is 12.4. The number of nitrogens with one attached hydrogen (secondary N) is 3. The van der Waals surface area contributed by atoms with Gasteiger partial charge in [0.05, 0.1) is 6.21 Å². The van der Waals surface area contributed by atoms with Crippen molar-refractivity contribution in [2.24, 2.45) is 5.10 Å². The van der Waals surface area contributed by atoms with Crippen LogP contribution in [0.3, 0.4) is 0 Å². The zero-order chi connectivity index (χ0) is 16.8. The van der Waals surface area contributed by atoms with Crippen LogP contribution in [0.1, 0.15) is 23.2 Å². The molecule has 0 aliphatic heterocycles. The molecule has 0 saturated carbocycles. The van der Waals surface area contributed by atoms with E-state index in [0.29, 0.717) is 11.3 Å². The number of H-pyrrole nitrogens is 2. The fraction of sp³-hybridized carbons (Fsp3) is 0.200. The first-order valence-corrected chi connectivity index (χ1v) is 6.88. The number of amides is 1. The van der Waals surface area contributed by atoms with Crippen LogP contribution < -0.4 is 16.7 Å². The van der Waals surface area contributed by atoms with Crippen molar-refractivity contribution >= 4 is 12.1 Å². The summed E-state index contributed by atoms with van der Waals surface area (Å²) in [5, 5.41) is 12.9. The Labute approximate surface area is 130 Å². The van der Waals surface area contributed by atoms with Crippen LogP contribution in [-0.4, -0.2) is 27.2 Å². The van der Waals surface area contributed by atoms with Crippen LogP contribution in [0, 0.1) is 6.92 Å². The van der Waals surface area contributed by atoms with Crippen LogP contribution >= 0.6 is 0 Å². The standard InChI is InChI=1S/C15H16N4O4/c1-9-12(14(22)18-15(23)17-9)6-7-13(21)19-16-8-10-2-4-11(20)5-3-10/h2-5,8,20H,6-7H2,1H3,(H,19,21)(H2,17,18,22,23)/b16-8+. The SMILES string of the molecule is Cc1[nH]c(=O)[nH]c(=O)c1CCC(=O)N/N=C/c1ccc(O)cc1. The average molecular weight is 316 g/mol. The summed E-state index contributed by atoms with van der Waals surface area (Å²) in [6, 6.07) is 6.31. The van der Waals surface area contributed by atoms with Gasteiger partial charge in [-0.05, 0) is 43.2 Å². The number of hydrazone groups is 1. The number of carbonyl (C=O) groups is 1. The van der Waals surface area contributed by atoms with Gasteiger partial charge in [0.1, 0.15) is 5.75 Å². The van der Waals surface area contributed by atoms with Gasteiger partial charge in [-0.3, -0.25) is 14.6 Å². The van der Waals surface area contributed by atoms with Crippen LogP contribution in [0.5, 0.6) is 5.75 Å². The van der Waals surface area contributed by atoms with Gasteiger partial charge in [0.2, 0.25) is 5.91 Å². The Morgan fingerprint density at radius 1 is 1.26 bits per heavy atom. The summed E-state index contributed by atoms with van der Waals surface area (Å²) in [5.74, 6) is -0.210. The third kappa shape index (κ3) is 4.67. The number of aromatic hydroxyl groups is 1. The molecule has 1 heterocycles. The quantitative estimate of drug-likeness (QED) is 0.463. The topological polar surface area (TPSA) is 127 Å². The summed E-state index contributed by atoms with van der Waals surface area (Å²) in [5.41, 5.74) is 2.81. The fourth-order valence-electron chi connectivity index (χ4n) is 1.96. The third-order valence-corrected chi connectivity index (χ3v) is 3.15. The van der Waals surface area contributed by atoms with Gasteiger partial charge in [-0.2, -0.15) is 5.10 Å². The normalized spacial score (nSPS) is 10.8. The molecule has 8 nitrogen and oxygen atoms in total. The number of phenolic OH excluding ortho intramolecular Hbond substituents is 1. The predicted molar refractivity (Wildman–Crippen MR) is 84.6 cm³/mol. The van der Waals surface area contributed by atoms with Crippen molar-refractivity contribution in [3.63, 3.8) is 0 Å².